The van der Waals surface area contributed by atoms with Crippen molar-refractivity contribution in [2.75, 3.05) is 12.5 Å². The molecule has 1 aliphatic heterocycles. The Balaban J connectivity index is 1.74. The van der Waals surface area contributed by atoms with Gasteiger partial charge in [0.15, 0.2) is 0 Å². The summed E-state index contributed by atoms with van der Waals surface area (Å²) in [7, 11) is 0. The van der Waals surface area contributed by atoms with Crippen LogP contribution < -0.4 is 0 Å². The minimum absolute atomic E-state index is 0.00549. The molecule has 23 heavy (non-hydrogen) atoms. The van der Waals surface area contributed by atoms with Crippen molar-refractivity contribution >= 4 is 17.5 Å². The lowest BCUT2D eigenvalue weighted by molar-refractivity contribution is -0.158. The first kappa shape index (κ1) is 16.4. The molecule has 1 unspecified atom stereocenters. The van der Waals surface area contributed by atoms with Gasteiger partial charge in [0.1, 0.15) is 5.88 Å². The van der Waals surface area contributed by atoms with Crippen molar-refractivity contribution in [3.8, 4) is 12.3 Å². The SMILES string of the molecule is C#Cc1ccc(CN(C(=O)CCl)C2CCOC3(CCC3)C2)cc1. The van der Waals surface area contributed by atoms with Crippen LogP contribution in [-0.4, -0.2) is 34.9 Å². The van der Waals surface area contributed by atoms with Crippen LogP contribution in [0.4, 0.5) is 0 Å². The molecule has 1 heterocycles. The Kier molecular flexibility index (Phi) is 4.94. The monoisotopic (exact) mass is 331 g/mol. The van der Waals surface area contributed by atoms with E-state index in [-0.39, 0.29) is 23.4 Å². The molecule has 1 saturated carbocycles. The van der Waals surface area contributed by atoms with E-state index in [2.05, 4.69) is 5.92 Å². The first-order valence-corrected chi connectivity index (χ1v) is 8.74. The van der Waals surface area contributed by atoms with Crippen molar-refractivity contribution < 1.29 is 9.53 Å². The van der Waals surface area contributed by atoms with Crippen LogP contribution in [0.1, 0.15) is 43.2 Å². The second-order valence-electron chi connectivity index (χ2n) is 6.53. The molecule has 0 N–H and O–H groups in total. The van der Waals surface area contributed by atoms with Crippen LogP contribution in [0.3, 0.4) is 0 Å². The number of benzene rings is 1. The first-order chi connectivity index (χ1) is 11.2. The van der Waals surface area contributed by atoms with Crippen molar-refractivity contribution in [1.82, 2.24) is 4.90 Å². The zero-order valence-corrected chi connectivity index (χ0v) is 14.0. The summed E-state index contributed by atoms with van der Waals surface area (Å²) in [5.74, 6) is 2.63. The van der Waals surface area contributed by atoms with Crippen LogP contribution in [0.25, 0.3) is 0 Å². The summed E-state index contributed by atoms with van der Waals surface area (Å²) in [6.45, 7) is 1.31. The fourth-order valence-corrected chi connectivity index (χ4v) is 3.74. The van der Waals surface area contributed by atoms with E-state index in [9.17, 15) is 4.79 Å². The zero-order valence-electron chi connectivity index (χ0n) is 13.3. The van der Waals surface area contributed by atoms with Crippen LogP contribution in [0.5, 0.6) is 0 Å². The second kappa shape index (κ2) is 6.95. The summed E-state index contributed by atoms with van der Waals surface area (Å²) < 4.78 is 5.98. The number of halogens is 1. The van der Waals surface area contributed by atoms with Gasteiger partial charge in [0.05, 0.1) is 5.60 Å². The van der Waals surface area contributed by atoms with E-state index < -0.39 is 0 Å². The lowest BCUT2D eigenvalue weighted by Crippen LogP contribution is -2.53. The van der Waals surface area contributed by atoms with Crippen LogP contribution >= 0.6 is 11.6 Å². The van der Waals surface area contributed by atoms with Crippen molar-refractivity contribution in [3.05, 3.63) is 35.4 Å². The molecular formula is C19H22ClNO2. The molecule has 1 saturated heterocycles. The Hall–Kier alpha value is -1.50. The molecule has 0 radical (unpaired) electrons. The average molecular weight is 332 g/mol. The number of rotatable bonds is 4. The third-order valence-corrected chi connectivity index (χ3v) is 5.31. The van der Waals surface area contributed by atoms with Gasteiger partial charge in [-0.2, -0.15) is 0 Å². The third kappa shape index (κ3) is 3.54. The quantitative estimate of drug-likeness (QED) is 0.625. The van der Waals surface area contributed by atoms with Crippen LogP contribution in [-0.2, 0) is 16.1 Å². The number of hydrogen-bond donors (Lipinski definition) is 0. The minimum atomic E-state index is -0.00549. The molecule has 1 amide bonds. The van der Waals surface area contributed by atoms with Crippen LogP contribution in [0.15, 0.2) is 24.3 Å². The molecule has 2 fully saturated rings. The van der Waals surface area contributed by atoms with Gasteiger partial charge in [-0.15, -0.1) is 18.0 Å². The highest BCUT2D eigenvalue weighted by molar-refractivity contribution is 6.27. The number of ether oxygens (including phenoxy) is 1. The van der Waals surface area contributed by atoms with Crippen molar-refractivity contribution in [2.45, 2.75) is 50.3 Å². The summed E-state index contributed by atoms with van der Waals surface area (Å²) in [5, 5.41) is 0. The van der Waals surface area contributed by atoms with Gasteiger partial charge in [-0.3, -0.25) is 4.79 Å². The van der Waals surface area contributed by atoms with Gasteiger partial charge in [-0.05, 0) is 49.8 Å². The van der Waals surface area contributed by atoms with Gasteiger partial charge in [-0.1, -0.05) is 18.1 Å². The Bertz CT molecular complexity index is 601. The molecule has 0 aromatic heterocycles. The highest BCUT2D eigenvalue weighted by Gasteiger charge is 2.44. The maximum absolute atomic E-state index is 12.4. The van der Waals surface area contributed by atoms with E-state index in [4.69, 9.17) is 22.8 Å². The molecule has 3 rings (SSSR count). The van der Waals surface area contributed by atoms with Gasteiger partial charge < -0.3 is 9.64 Å². The summed E-state index contributed by atoms with van der Waals surface area (Å²) in [6, 6.07) is 8.01. The molecule has 1 aliphatic carbocycles. The number of alkyl halides is 1. The van der Waals surface area contributed by atoms with Crippen LogP contribution in [0.2, 0.25) is 0 Å². The van der Waals surface area contributed by atoms with Gasteiger partial charge >= 0.3 is 0 Å². The lowest BCUT2D eigenvalue weighted by atomic mass is 9.73. The predicted molar refractivity (Wildman–Crippen MR) is 91.2 cm³/mol. The molecule has 1 atom stereocenters. The molecule has 1 aromatic carbocycles. The fourth-order valence-electron chi connectivity index (χ4n) is 3.59. The summed E-state index contributed by atoms with van der Waals surface area (Å²) in [6.07, 6.45) is 10.7. The highest BCUT2D eigenvalue weighted by Crippen LogP contribution is 2.43. The van der Waals surface area contributed by atoms with Crippen molar-refractivity contribution in [1.29, 1.82) is 0 Å². The highest BCUT2D eigenvalue weighted by atomic mass is 35.5. The fraction of sp³-hybridized carbons (Fsp3) is 0.526. The minimum Gasteiger partial charge on any atom is -0.375 e. The van der Waals surface area contributed by atoms with Crippen molar-refractivity contribution in [2.24, 2.45) is 0 Å². The number of hydrogen-bond acceptors (Lipinski definition) is 2. The Morgan fingerprint density at radius 1 is 1.39 bits per heavy atom. The summed E-state index contributed by atoms with van der Waals surface area (Å²) in [4.78, 5) is 14.3. The number of terminal acetylenes is 1. The average Bonchev–Trinajstić information content (AvgIpc) is 2.58. The number of carbonyl (C=O) groups is 1. The molecule has 3 nitrogen and oxygen atoms in total. The molecule has 4 heteroatoms. The first-order valence-electron chi connectivity index (χ1n) is 8.21. The van der Waals surface area contributed by atoms with E-state index in [1.165, 1.54) is 6.42 Å². The molecule has 0 bridgehead atoms. The van der Waals surface area contributed by atoms with Gasteiger partial charge in [0, 0.05) is 24.8 Å². The largest absolute Gasteiger partial charge is 0.375 e. The molecular weight excluding hydrogens is 310 g/mol. The van der Waals surface area contributed by atoms with E-state index in [1.54, 1.807) is 0 Å². The van der Waals surface area contributed by atoms with Gasteiger partial charge in [0.25, 0.3) is 0 Å². The molecule has 1 aromatic rings. The Morgan fingerprint density at radius 2 is 2.13 bits per heavy atom. The number of nitrogens with zero attached hydrogens (tertiary/aromatic N) is 1. The standard InChI is InChI=1S/C19H22ClNO2/c1-2-15-4-6-16(7-5-15)14-21(18(22)13-20)17-8-11-23-19(12-17)9-3-10-19/h1,4-7,17H,3,8-14H2. The van der Waals surface area contributed by atoms with Gasteiger partial charge in [-0.25, -0.2) is 0 Å². The van der Waals surface area contributed by atoms with E-state index >= 15 is 0 Å². The smallest absolute Gasteiger partial charge is 0.238 e. The summed E-state index contributed by atoms with van der Waals surface area (Å²) in [5.41, 5.74) is 1.95. The topological polar surface area (TPSA) is 29.5 Å². The Labute approximate surface area is 143 Å². The Morgan fingerprint density at radius 3 is 2.70 bits per heavy atom. The van der Waals surface area contributed by atoms with E-state index in [0.717, 1.165) is 43.4 Å². The molecule has 1 spiro atoms. The van der Waals surface area contributed by atoms with Crippen LogP contribution in [0, 0.1) is 12.3 Å². The predicted octanol–water partition coefficient (Wildman–Crippen LogP) is 3.34. The maximum atomic E-state index is 12.4. The van der Waals surface area contributed by atoms with Crippen molar-refractivity contribution in [3.63, 3.8) is 0 Å². The van der Waals surface area contributed by atoms with Gasteiger partial charge in [0.2, 0.25) is 5.91 Å². The third-order valence-electron chi connectivity index (χ3n) is 5.08. The number of carbonyl (C=O) groups excluding carboxylic acids is 1. The zero-order chi connectivity index (χ0) is 16.3. The lowest BCUT2D eigenvalue weighted by Gasteiger charge is -2.49. The molecule has 2 aliphatic rings. The molecule has 122 valence electrons. The number of amides is 1. The second-order valence-corrected chi connectivity index (χ2v) is 6.80. The van der Waals surface area contributed by atoms with E-state index in [0.29, 0.717) is 6.54 Å². The normalized spacial score (nSPS) is 22.2. The summed E-state index contributed by atoms with van der Waals surface area (Å²) >= 11 is 5.85. The maximum Gasteiger partial charge on any atom is 0.238 e. The van der Waals surface area contributed by atoms with E-state index in [1.807, 2.05) is 29.2 Å².